The van der Waals surface area contributed by atoms with E-state index in [1.165, 1.54) is 0 Å². The maximum atomic E-state index is 13.4. The quantitative estimate of drug-likeness (QED) is 0.730. The van der Waals surface area contributed by atoms with Gasteiger partial charge in [-0.3, -0.25) is 0 Å². The highest BCUT2D eigenvalue weighted by molar-refractivity contribution is 5.85. The van der Waals surface area contributed by atoms with Crippen molar-refractivity contribution in [2.75, 3.05) is 26.0 Å². The summed E-state index contributed by atoms with van der Waals surface area (Å²) in [6, 6.07) is 4.95. The van der Waals surface area contributed by atoms with Gasteiger partial charge in [-0.1, -0.05) is 0 Å². The van der Waals surface area contributed by atoms with Gasteiger partial charge in [0, 0.05) is 18.3 Å². The SMILES string of the molecule is CN(C)CCCn1cnc2c(Nc3cc(F)cc(F)c3)nc(C#N)nc21. The van der Waals surface area contributed by atoms with Crippen LogP contribution >= 0.6 is 0 Å². The molecule has 0 saturated carbocycles. The predicted octanol–water partition coefficient (Wildman–Crippen LogP) is 2.67. The largest absolute Gasteiger partial charge is 0.338 e. The number of halogens is 2. The molecule has 7 nitrogen and oxygen atoms in total. The van der Waals surface area contributed by atoms with E-state index in [0.717, 1.165) is 31.2 Å². The van der Waals surface area contributed by atoms with Crippen molar-refractivity contribution in [3.63, 3.8) is 0 Å². The molecule has 0 radical (unpaired) electrons. The summed E-state index contributed by atoms with van der Waals surface area (Å²) >= 11 is 0. The van der Waals surface area contributed by atoms with E-state index >= 15 is 0 Å². The molecule has 2 heterocycles. The molecule has 0 saturated heterocycles. The number of nitriles is 1. The van der Waals surface area contributed by atoms with Crippen molar-refractivity contribution in [3.8, 4) is 6.07 Å². The Morgan fingerprint density at radius 1 is 1.19 bits per heavy atom. The summed E-state index contributed by atoms with van der Waals surface area (Å²) in [5.41, 5.74) is 1.10. The molecule has 0 amide bonds. The van der Waals surface area contributed by atoms with Crippen LogP contribution in [0.1, 0.15) is 12.2 Å². The van der Waals surface area contributed by atoms with Crippen LogP contribution in [-0.4, -0.2) is 45.1 Å². The third kappa shape index (κ3) is 3.92. The maximum Gasteiger partial charge on any atom is 0.236 e. The van der Waals surface area contributed by atoms with E-state index in [1.807, 2.05) is 24.7 Å². The molecule has 1 N–H and O–H groups in total. The fourth-order valence-electron chi connectivity index (χ4n) is 2.57. The molecule has 134 valence electrons. The monoisotopic (exact) mass is 357 g/mol. The summed E-state index contributed by atoms with van der Waals surface area (Å²) in [4.78, 5) is 14.7. The number of aryl methyl sites for hydroxylation is 1. The second kappa shape index (κ2) is 7.41. The molecule has 0 aliphatic carbocycles. The van der Waals surface area contributed by atoms with Gasteiger partial charge in [-0.25, -0.2) is 13.8 Å². The maximum absolute atomic E-state index is 13.4. The van der Waals surface area contributed by atoms with Crippen molar-refractivity contribution in [2.45, 2.75) is 13.0 Å². The molecule has 0 fully saturated rings. The normalized spacial score (nSPS) is 11.1. The van der Waals surface area contributed by atoms with Crippen molar-refractivity contribution < 1.29 is 8.78 Å². The van der Waals surface area contributed by atoms with Crippen LogP contribution < -0.4 is 5.32 Å². The number of imidazole rings is 1. The number of aromatic nitrogens is 4. The van der Waals surface area contributed by atoms with E-state index in [4.69, 9.17) is 0 Å². The lowest BCUT2D eigenvalue weighted by Crippen LogP contribution is -2.15. The Kier molecular flexibility index (Phi) is 5.04. The number of rotatable bonds is 6. The molecule has 0 bridgehead atoms. The molecule has 9 heteroatoms. The van der Waals surface area contributed by atoms with Gasteiger partial charge < -0.3 is 14.8 Å². The van der Waals surface area contributed by atoms with Crippen LogP contribution in [0.4, 0.5) is 20.3 Å². The Bertz CT molecular complexity index is 955. The highest BCUT2D eigenvalue weighted by Crippen LogP contribution is 2.24. The summed E-state index contributed by atoms with van der Waals surface area (Å²) < 4.78 is 28.7. The Labute approximate surface area is 148 Å². The van der Waals surface area contributed by atoms with Crippen LogP contribution in [0, 0.1) is 23.0 Å². The van der Waals surface area contributed by atoms with E-state index in [9.17, 15) is 14.0 Å². The Morgan fingerprint density at radius 2 is 1.92 bits per heavy atom. The van der Waals surface area contributed by atoms with Crippen molar-refractivity contribution in [1.82, 2.24) is 24.4 Å². The van der Waals surface area contributed by atoms with Gasteiger partial charge in [0.15, 0.2) is 17.0 Å². The molecule has 26 heavy (non-hydrogen) atoms. The van der Waals surface area contributed by atoms with E-state index in [2.05, 4.69) is 25.2 Å². The van der Waals surface area contributed by atoms with E-state index in [1.54, 1.807) is 6.33 Å². The van der Waals surface area contributed by atoms with Crippen LogP contribution in [0.25, 0.3) is 11.2 Å². The number of nitrogens with one attached hydrogen (secondary N) is 1. The number of anilines is 2. The zero-order valence-corrected chi connectivity index (χ0v) is 14.4. The first-order valence-electron chi connectivity index (χ1n) is 7.97. The first kappa shape index (κ1) is 17.7. The highest BCUT2D eigenvalue weighted by Gasteiger charge is 2.14. The second-order valence-corrected chi connectivity index (χ2v) is 6.06. The minimum absolute atomic E-state index is 0.0498. The number of benzene rings is 1. The van der Waals surface area contributed by atoms with E-state index in [0.29, 0.717) is 17.7 Å². The number of nitrogens with zero attached hydrogens (tertiary/aromatic N) is 6. The van der Waals surface area contributed by atoms with Gasteiger partial charge in [0.2, 0.25) is 5.82 Å². The molecule has 0 aliphatic heterocycles. The van der Waals surface area contributed by atoms with Gasteiger partial charge in [-0.15, -0.1) is 0 Å². The third-order valence-corrected chi connectivity index (χ3v) is 3.69. The molecule has 3 aromatic rings. The summed E-state index contributed by atoms with van der Waals surface area (Å²) in [5.74, 6) is -1.26. The average Bonchev–Trinajstić information content (AvgIpc) is 2.97. The molecule has 0 atom stereocenters. The average molecular weight is 357 g/mol. The number of hydrogen-bond donors (Lipinski definition) is 1. The third-order valence-electron chi connectivity index (χ3n) is 3.69. The standard InChI is InChI=1S/C17H17F2N7/c1-25(2)4-3-5-26-10-21-15-16(23-14(9-20)24-17(15)26)22-13-7-11(18)6-12(19)8-13/h6-8,10H,3-5H2,1-2H3,(H,22,23,24). The number of fused-ring (bicyclic) bond motifs is 1. The van der Waals surface area contributed by atoms with Gasteiger partial charge in [-0.05, 0) is 39.2 Å². The summed E-state index contributed by atoms with van der Waals surface area (Å²) in [6.07, 6.45) is 2.50. The minimum atomic E-state index is -0.715. The Hall–Kier alpha value is -3.12. The van der Waals surface area contributed by atoms with Crippen molar-refractivity contribution >= 4 is 22.7 Å². The Morgan fingerprint density at radius 3 is 2.58 bits per heavy atom. The fourth-order valence-corrected chi connectivity index (χ4v) is 2.57. The lowest BCUT2D eigenvalue weighted by atomic mass is 10.3. The molecule has 3 rings (SSSR count). The van der Waals surface area contributed by atoms with Crippen LogP contribution in [0.15, 0.2) is 24.5 Å². The molecule has 0 unspecified atom stereocenters. The fraction of sp³-hybridized carbons (Fsp3) is 0.294. The second-order valence-electron chi connectivity index (χ2n) is 6.06. The summed E-state index contributed by atoms with van der Waals surface area (Å²) in [6.45, 7) is 1.56. The van der Waals surface area contributed by atoms with Gasteiger partial charge in [0.1, 0.15) is 17.7 Å². The zero-order valence-electron chi connectivity index (χ0n) is 14.4. The summed E-state index contributed by atoms with van der Waals surface area (Å²) in [5, 5.41) is 12.0. The molecule has 1 aromatic carbocycles. The molecule has 0 spiro atoms. The van der Waals surface area contributed by atoms with Gasteiger partial charge in [0.05, 0.1) is 6.33 Å². The first-order chi connectivity index (χ1) is 12.5. The summed E-state index contributed by atoms with van der Waals surface area (Å²) in [7, 11) is 3.98. The van der Waals surface area contributed by atoms with Gasteiger partial charge >= 0.3 is 0 Å². The predicted molar refractivity (Wildman–Crippen MR) is 92.8 cm³/mol. The topological polar surface area (TPSA) is 82.7 Å². The van der Waals surface area contributed by atoms with Gasteiger partial charge in [-0.2, -0.15) is 15.2 Å². The van der Waals surface area contributed by atoms with Crippen molar-refractivity contribution in [1.29, 1.82) is 5.26 Å². The zero-order chi connectivity index (χ0) is 18.7. The first-order valence-corrected chi connectivity index (χ1v) is 7.97. The lowest BCUT2D eigenvalue weighted by molar-refractivity contribution is 0.387. The minimum Gasteiger partial charge on any atom is -0.338 e. The van der Waals surface area contributed by atoms with Crippen molar-refractivity contribution in [3.05, 3.63) is 42.0 Å². The van der Waals surface area contributed by atoms with E-state index in [-0.39, 0.29) is 17.3 Å². The lowest BCUT2D eigenvalue weighted by Gasteiger charge is -2.10. The Balaban J connectivity index is 1.97. The molecular weight excluding hydrogens is 340 g/mol. The molecule has 2 aromatic heterocycles. The number of hydrogen-bond acceptors (Lipinski definition) is 6. The van der Waals surface area contributed by atoms with Crippen LogP contribution in [0.3, 0.4) is 0 Å². The smallest absolute Gasteiger partial charge is 0.236 e. The van der Waals surface area contributed by atoms with Crippen LogP contribution in [-0.2, 0) is 6.54 Å². The van der Waals surface area contributed by atoms with Gasteiger partial charge in [0.25, 0.3) is 0 Å². The van der Waals surface area contributed by atoms with Crippen LogP contribution in [0.2, 0.25) is 0 Å². The van der Waals surface area contributed by atoms with E-state index < -0.39 is 11.6 Å². The molecular formula is C17H17F2N7. The molecule has 0 aliphatic rings. The van der Waals surface area contributed by atoms with Crippen molar-refractivity contribution in [2.24, 2.45) is 0 Å². The highest BCUT2D eigenvalue weighted by atomic mass is 19.1. The van der Waals surface area contributed by atoms with Crippen LogP contribution in [0.5, 0.6) is 0 Å².